The number of fused-ring (bicyclic) bond motifs is 1. The van der Waals surface area contributed by atoms with E-state index in [1.54, 1.807) is 48.5 Å². The molecule has 29 heavy (non-hydrogen) atoms. The first-order chi connectivity index (χ1) is 14.0. The van der Waals surface area contributed by atoms with Crippen LogP contribution in [0.1, 0.15) is 20.8 Å². The second kappa shape index (κ2) is 7.35. The molecule has 1 N–H and O–H groups in total. The molecule has 0 saturated carbocycles. The molecule has 3 aromatic carbocycles. The van der Waals surface area contributed by atoms with Gasteiger partial charge in [-0.1, -0.05) is 36.4 Å². The van der Waals surface area contributed by atoms with Gasteiger partial charge in [0.2, 0.25) is 0 Å². The summed E-state index contributed by atoms with van der Waals surface area (Å²) in [5.41, 5.74) is 1.29. The number of non-ortho nitro benzene ring substituents is 1. The molecule has 0 aliphatic heterocycles. The summed E-state index contributed by atoms with van der Waals surface area (Å²) in [5.74, 6) is -0.933. The van der Waals surface area contributed by atoms with Crippen LogP contribution in [0.4, 0.5) is 11.4 Å². The summed E-state index contributed by atoms with van der Waals surface area (Å²) in [6.07, 6.45) is 0. The Morgan fingerprint density at radius 2 is 1.55 bits per heavy atom. The Morgan fingerprint density at radius 3 is 2.24 bits per heavy atom. The molecule has 142 valence electrons. The van der Waals surface area contributed by atoms with Crippen LogP contribution in [0, 0.1) is 10.1 Å². The molecule has 0 atom stereocenters. The molecular formula is C21H14N4O4. The number of benzene rings is 3. The van der Waals surface area contributed by atoms with Crippen molar-refractivity contribution < 1.29 is 14.5 Å². The van der Waals surface area contributed by atoms with Crippen molar-refractivity contribution in [2.75, 3.05) is 5.32 Å². The number of carbonyl (C=O) groups excluding carboxylic acids is 2. The van der Waals surface area contributed by atoms with E-state index in [2.05, 4.69) is 10.4 Å². The third kappa shape index (κ3) is 3.46. The van der Waals surface area contributed by atoms with Crippen LogP contribution in [-0.4, -0.2) is 26.5 Å². The van der Waals surface area contributed by atoms with Crippen LogP contribution in [0.25, 0.3) is 10.9 Å². The predicted octanol–water partition coefficient (Wildman–Crippen LogP) is 3.89. The van der Waals surface area contributed by atoms with Crippen molar-refractivity contribution in [2.24, 2.45) is 0 Å². The zero-order valence-corrected chi connectivity index (χ0v) is 15.0. The summed E-state index contributed by atoms with van der Waals surface area (Å²) in [6, 6.07) is 21.0. The van der Waals surface area contributed by atoms with Crippen molar-refractivity contribution in [1.29, 1.82) is 0 Å². The van der Waals surface area contributed by atoms with Crippen molar-refractivity contribution >= 4 is 34.1 Å². The van der Waals surface area contributed by atoms with E-state index in [4.69, 9.17) is 0 Å². The van der Waals surface area contributed by atoms with Gasteiger partial charge in [-0.05, 0) is 30.3 Å². The number of hydrogen-bond acceptors (Lipinski definition) is 5. The second-order valence-corrected chi connectivity index (χ2v) is 6.21. The van der Waals surface area contributed by atoms with Crippen LogP contribution < -0.4 is 5.32 Å². The van der Waals surface area contributed by atoms with E-state index in [0.717, 1.165) is 4.68 Å². The zero-order valence-electron chi connectivity index (χ0n) is 15.0. The Morgan fingerprint density at radius 1 is 0.897 bits per heavy atom. The number of nitro benzene ring substituents is 1. The minimum atomic E-state index is -0.538. The predicted molar refractivity (Wildman–Crippen MR) is 107 cm³/mol. The highest BCUT2D eigenvalue weighted by Gasteiger charge is 2.21. The lowest BCUT2D eigenvalue weighted by Gasteiger charge is -2.03. The van der Waals surface area contributed by atoms with E-state index < -0.39 is 16.7 Å². The van der Waals surface area contributed by atoms with Gasteiger partial charge in [0, 0.05) is 28.8 Å². The molecule has 4 rings (SSSR count). The fourth-order valence-electron chi connectivity index (χ4n) is 2.95. The first-order valence-corrected chi connectivity index (χ1v) is 8.68. The number of hydrogen-bond donors (Lipinski definition) is 1. The number of amides is 1. The van der Waals surface area contributed by atoms with Gasteiger partial charge in [0.25, 0.3) is 17.5 Å². The highest BCUT2D eigenvalue weighted by molar-refractivity contribution is 6.13. The Labute approximate surface area is 164 Å². The molecule has 0 saturated heterocycles. The van der Waals surface area contributed by atoms with Gasteiger partial charge in [0.05, 0.1) is 10.4 Å². The normalized spacial score (nSPS) is 10.6. The number of nitrogens with zero attached hydrogens (tertiary/aromatic N) is 3. The van der Waals surface area contributed by atoms with Crippen LogP contribution in [-0.2, 0) is 0 Å². The first kappa shape index (κ1) is 18.1. The van der Waals surface area contributed by atoms with Crippen molar-refractivity contribution in [3.05, 3.63) is 100 Å². The van der Waals surface area contributed by atoms with Gasteiger partial charge in [0.1, 0.15) is 0 Å². The minimum absolute atomic E-state index is 0.111. The van der Waals surface area contributed by atoms with Crippen LogP contribution in [0.2, 0.25) is 0 Å². The topological polar surface area (TPSA) is 107 Å². The quantitative estimate of drug-likeness (QED) is 0.423. The summed E-state index contributed by atoms with van der Waals surface area (Å²) in [4.78, 5) is 36.0. The van der Waals surface area contributed by atoms with Crippen LogP contribution in [0.3, 0.4) is 0 Å². The summed E-state index contributed by atoms with van der Waals surface area (Å²) in [6.45, 7) is 0. The Balaban J connectivity index is 1.73. The average molecular weight is 386 g/mol. The van der Waals surface area contributed by atoms with Gasteiger partial charge in [-0.3, -0.25) is 19.7 Å². The minimum Gasteiger partial charge on any atom is -0.321 e. The van der Waals surface area contributed by atoms with Crippen LogP contribution in [0.15, 0.2) is 78.9 Å². The third-order valence-electron chi connectivity index (χ3n) is 4.35. The van der Waals surface area contributed by atoms with Gasteiger partial charge in [0.15, 0.2) is 5.69 Å². The number of aromatic nitrogens is 2. The molecular weight excluding hydrogens is 372 g/mol. The van der Waals surface area contributed by atoms with E-state index in [9.17, 15) is 19.7 Å². The van der Waals surface area contributed by atoms with Crippen molar-refractivity contribution in [3.8, 4) is 0 Å². The highest BCUT2D eigenvalue weighted by Crippen LogP contribution is 2.21. The van der Waals surface area contributed by atoms with Gasteiger partial charge in [-0.25, -0.2) is 0 Å². The molecule has 0 aliphatic carbocycles. The van der Waals surface area contributed by atoms with Crippen molar-refractivity contribution in [3.63, 3.8) is 0 Å². The maximum atomic E-state index is 12.9. The number of rotatable bonds is 4. The third-order valence-corrected chi connectivity index (χ3v) is 4.35. The Kier molecular flexibility index (Phi) is 4.58. The number of carbonyl (C=O) groups is 2. The molecule has 8 nitrogen and oxygen atoms in total. The smallest absolute Gasteiger partial charge is 0.278 e. The molecule has 0 fully saturated rings. The molecule has 1 amide bonds. The fraction of sp³-hybridized carbons (Fsp3) is 0. The van der Waals surface area contributed by atoms with E-state index >= 15 is 0 Å². The fourth-order valence-corrected chi connectivity index (χ4v) is 2.95. The lowest BCUT2D eigenvalue weighted by molar-refractivity contribution is -0.384. The molecule has 0 aliphatic rings. The van der Waals surface area contributed by atoms with Gasteiger partial charge < -0.3 is 5.32 Å². The van der Waals surface area contributed by atoms with E-state index in [1.807, 2.05) is 6.07 Å². The molecule has 0 unspecified atom stereocenters. The summed E-state index contributed by atoms with van der Waals surface area (Å²) in [5, 5.41) is 18.3. The summed E-state index contributed by atoms with van der Waals surface area (Å²) in [7, 11) is 0. The van der Waals surface area contributed by atoms with E-state index in [-0.39, 0.29) is 16.9 Å². The number of nitrogens with one attached hydrogen (secondary N) is 1. The first-order valence-electron chi connectivity index (χ1n) is 8.68. The maximum Gasteiger partial charge on any atom is 0.278 e. The molecule has 1 heterocycles. The molecule has 0 radical (unpaired) electrons. The molecule has 4 aromatic rings. The average Bonchev–Trinajstić information content (AvgIpc) is 3.14. The largest absolute Gasteiger partial charge is 0.321 e. The van der Waals surface area contributed by atoms with Gasteiger partial charge in [-0.15, -0.1) is 0 Å². The van der Waals surface area contributed by atoms with Gasteiger partial charge in [-0.2, -0.15) is 9.78 Å². The van der Waals surface area contributed by atoms with Crippen molar-refractivity contribution in [2.45, 2.75) is 0 Å². The van der Waals surface area contributed by atoms with E-state index in [1.165, 1.54) is 24.3 Å². The van der Waals surface area contributed by atoms with Gasteiger partial charge >= 0.3 is 0 Å². The lowest BCUT2D eigenvalue weighted by atomic mass is 10.1. The van der Waals surface area contributed by atoms with Crippen LogP contribution in [0.5, 0.6) is 0 Å². The Hall–Kier alpha value is -4.33. The molecule has 8 heteroatoms. The molecule has 0 spiro atoms. The number of anilines is 1. The van der Waals surface area contributed by atoms with Crippen LogP contribution >= 0.6 is 0 Å². The second-order valence-electron chi connectivity index (χ2n) is 6.21. The zero-order chi connectivity index (χ0) is 20.4. The van der Waals surface area contributed by atoms with E-state index in [0.29, 0.717) is 16.6 Å². The number of nitro groups is 1. The molecule has 0 bridgehead atoms. The highest BCUT2D eigenvalue weighted by atomic mass is 16.6. The Bertz CT molecular complexity index is 1230. The maximum absolute atomic E-state index is 12.9. The number of para-hydroxylation sites is 2. The summed E-state index contributed by atoms with van der Waals surface area (Å²) < 4.78 is 1.14. The molecule has 1 aromatic heterocycles. The lowest BCUT2D eigenvalue weighted by Crippen LogP contribution is -2.17. The standard InChI is InChI=1S/C21H14N4O4/c26-20(22-15-6-2-1-3-7-15)19-17-8-4-5-9-18(17)24(23-19)21(27)14-10-12-16(13-11-14)25(28)29/h1-13H,(H,22,26). The monoisotopic (exact) mass is 386 g/mol. The summed E-state index contributed by atoms with van der Waals surface area (Å²) >= 11 is 0. The SMILES string of the molecule is O=C(Nc1ccccc1)c1nn(C(=O)c2ccc([N+](=O)[O-])cc2)c2ccccc12. The van der Waals surface area contributed by atoms with Crippen molar-refractivity contribution in [1.82, 2.24) is 9.78 Å².